The lowest BCUT2D eigenvalue weighted by Crippen LogP contribution is -2.62. The minimum atomic E-state index is -0.195. The van der Waals surface area contributed by atoms with Gasteiger partial charge in [0.2, 0.25) is 0 Å². The Balaban J connectivity index is 1.39. The molecule has 3 fully saturated rings. The molecule has 2 saturated carbocycles. The summed E-state index contributed by atoms with van der Waals surface area (Å²) in [5.41, 5.74) is 2.11. The van der Waals surface area contributed by atoms with E-state index in [0.29, 0.717) is 17.8 Å². The quantitative estimate of drug-likeness (QED) is 0.513. The maximum absolute atomic E-state index is 13.6. The van der Waals surface area contributed by atoms with E-state index in [0.717, 1.165) is 36.9 Å². The molecule has 33 heavy (non-hydrogen) atoms. The largest absolute Gasteiger partial charge is 0.462 e. The molecule has 2 N–H and O–H groups in total. The number of cyclic esters (lactones) is 1. The Hall–Kier alpha value is -1.98. The zero-order chi connectivity index (χ0) is 23.2. The van der Waals surface area contributed by atoms with Crippen molar-refractivity contribution in [2.45, 2.75) is 63.6 Å². The highest BCUT2D eigenvalue weighted by Crippen LogP contribution is 2.56. The monoisotopic (exact) mass is 452 g/mol. The van der Waals surface area contributed by atoms with E-state index in [9.17, 15) is 9.18 Å². The second-order valence-corrected chi connectivity index (χ2v) is 10.8. The molecule has 4 aliphatic rings. The van der Waals surface area contributed by atoms with Gasteiger partial charge < -0.3 is 15.4 Å². The van der Waals surface area contributed by atoms with Crippen LogP contribution in [0, 0.1) is 35.4 Å². The average Bonchev–Trinajstić information content (AvgIpc) is 3.10. The molecule has 0 spiro atoms. The number of carbonyl (C=O) groups is 1. The zero-order valence-corrected chi connectivity index (χ0v) is 20.0. The first-order valence-electron chi connectivity index (χ1n) is 12.7. The molecular formula is C28H37FN2O2. The number of allylic oxidation sites excluding steroid dienone is 1. The van der Waals surface area contributed by atoms with E-state index < -0.39 is 0 Å². The van der Waals surface area contributed by atoms with Crippen molar-refractivity contribution in [3.05, 3.63) is 53.9 Å². The number of fused-ring (bicyclic) bond motifs is 2. The summed E-state index contributed by atoms with van der Waals surface area (Å²) in [6.07, 6.45) is 12.3. The van der Waals surface area contributed by atoms with Gasteiger partial charge in [0.15, 0.2) is 0 Å². The van der Waals surface area contributed by atoms with Crippen LogP contribution in [0.15, 0.2) is 42.5 Å². The Labute approximate surface area is 197 Å². The van der Waals surface area contributed by atoms with E-state index >= 15 is 0 Å². The predicted molar refractivity (Wildman–Crippen MR) is 129 cm³/mol. The number of ether oxygens (including phenoxy) is 1. The molecule has 0 bridgehead atoms. The van der Waals surface area contributed by atoms with Crippen molar-refractivity contribution < 1.29 is 13.9 Å². The van der Waals surface area contributed by atoms with E-state index in [4.69, 9.17) is 4.74 Å². The lowest BCUT2D eigenvalue weighted by Gasteiger charge is -2.56. The van der Waals surface area contributed by atoms with Crippen LogP contribution in [0.2, 0.25) is 0 Å². The molecule has 5 heteroatoms. The standard InChI is InChI=1S/C28H37FN2O2/c1-17-6-5-13-28(30-3)15-24-25(18(2)33-27(24)32)23(26(17)28)12-11-22-10-9-20(16-31-22)19-7-4-8-21(29)14-19/h4,7-9,11-12,14,17-18,22-26,30-31H,5-6,10,13,15-16H2,1-3H3/b12-11+/t17?,18-,22?,23-,24-,25+,26?,28-/m1/s1. The maximum Gasteiger partial charge on any atom is 0.309 e. The van der Waals surface area contributed by atoms with Gasteiger partial charge >= 0.3 is 5.97 Å². The fraction of sp³-hybridized carbons (Fsp3) is 0.607. The number of esters is 1. The van der Waals surface area contributed by atoms with Crippen LogP contribution < -0.4 is 10.6 Å². The van der Waals surface area contributed by atoms with Crippen molar-refractivity contribution in [2.75, 3.05) is 13.6 Å². The van der Waals surface area contributed by atoms with Crippen LogP contribution in [0.3, 0.4) is 0 Å². The van der Waals surface area contributed by atoms with Gasteiger partial charge in [-0.2, -0.15) is 0 Å². The Kier molecular flexibility index (Phi) is 6.21. The molecule has 0 radical (unpaired) electrons. The molecular weight excluding hydrogens is 415 g/mol. The third-order valence-corrected chi connectivity index (χ3v) is 9.02. The van der Waals surface area contributed by atoms with Gasteiger partial charge in [-0.15, -0.1) is 0 Å². The number of benzene rings is 1. The van der Waals surface area contributed by atoms with E-state index in [1.807, 2.05) is 6.07 Å². The van der Waals surface area contributed by atoms with Crippen molar-refractivity contribution in [1.82, 2.24) is 10.6 Å². The van der Waals surface area contributed by atoms with Crippen molar-refractivity contribution in [3.8, 4) is 0 Å². The lowest BCUT2D eigenvalue weighted by molar-refractivity contribution is -0.145. The Morgan fingerprint density at radius 1 is 1.27 bits per heavy atom. The van der Waals surface area contributed by atoms with Crippen LogP contribution >= 0.6 is 0 Å². The zero-order valence-electron chi connectivity index (χ0n) is 20.0. The topological polar surface area (TPSA) is 50.4 Å². The minimum Gasteiger partial charge on any atom is -0.462 e. The molecule has 3 unspecified atom stereocenters. The van der Waals surface area contributed by atoms with Gasteiger partial charge in [-0.05, 0) is 74.3 Å². The van der Waals surface area contributed by atoms with Crippen LogP contribution in [0.25, 0.3) is 5.57 Å². The van der Waals surface area contributed by atoms with E-state index in [-0.39, 0.29) is 41.3 Å². The predicted octanol–water partition coefficient (Wildman–Crippen LogP) is 4.72. The van der Waals surface area contributed by atoms with E-state index in [1.165, 1.54) is 18.9 Å². The number of rotatable bonds is 4. The molecule has 5 rings (SSSR count). The highest BCUT2D eigenvalue weighted by Gasteiger charge is 2.60. The number of nitrogens with one attached hydrogen (secondary N) is 2. The molecule has 1 aromatic carbocycles. The van der Waals surface area contributed by atoms with Crippen molar-refractivity contribution in [3.63, 3.8) is 0 Å². The summed E-state index contributed by atoms with van der Waals surface area (Å²) in [5.74, 6) is 1.49. The molecule has 0 aromatic heterocycles. The van der Waals surface area contributed by atoms with Gasteiger partial charge in [0.1, 0.15) is 11.9 Å². The summed E-state index contributed by atoms with van der Waals surface area (Å²) in [6.45, 7) is 5.20. The molecule has 2 aliphatic heterocycles. The van der Waals surface area contributed by atoms with Crippen LogP contribution in [0.5, 0.6) is 0 Å². The minimum absolute atomic E-state index is 0.00402. The Bertz CT molecular complexity index is 959. The smallest absolute Gasteiger partial charge is 0.309 e. The summed E-state index contributed by atoms with van der Waals surface area (Å²) in [7, 11) is 2.08. The van der Waals surface area contributed by atoms with Gasteiger partial charge in [-0.1, -0.05) is 50.1 Å². The molecule has 0 amide bonds. The molecule has 2 heterocycles. The van der Waals surface area contributed by atoms with Gasteiger partial charge in [-0.3, -0.25) is 4.79 Å². The van der Waals surface area contributed by atoms with Gasteiger partial charge in [-0.25, -0.2) is 4.39 Å². The first kappa shape index (κ1) is 22.8. The fourth-order valence-electron chi connectivity index (χ4n) is 7.51. The summed E-state index contributed by atoms with van der Waals surface area (Å²) in [5, 5.41) is 7.32. The SMILES string of the molecule is CN[C@@]12CCCC(C)C1[C@H](/C=C/C1CC=C(c3cccc(F)c3)CN1)[C@@H]1[C@@H](C)OC(=O)[C@@H]1C2. The normalized spacial score (nSPS) is 40.8. The van der Waals surface area contributed by atoms with Crippen molar-refractivity contribution in [2.24, 2.45) is 29.6 Å². The molecule has 4 nitrogen and oxygen atoms in total. The van der Waals surface area contributed by atoms with E-state index in [1.54, 1.807) is 12.1 Å². The van der Waals surface area contributed by atoms with Gasteiger partial charge in [0, 0.05) is 24.0 Å². The number of carbonyl (C=O) groups excluding carboxylic acids is 1. The third-order valence-electron chi connectivity index (χ3n) is 9.02. The maximum atomic E-state index is 13.6. The average molecular weight is 453 g/mol. The van der Waals surface area contributed by atoms with Crippen molar-refractivity contribution in [1.29, 1.82) is 0 Å². The van der Waals surface area contributed by atoms with Crippen molar-refractivity contribution >= 4 is 11.5 Å². The first-order chi connectivity index (χ1) is 15.9. The first-order valence-corrected chi connectivity index (χ1v) is 12.7. The highest BCUT2D eigenvalue weighted by atomic mass is 19.1. The summed E-state index contributed by atoms with van der Waals surface area (Å²) in [4.78, 5) is 12.8. The fourth-order valence-corrected chi connectivity index (χ4v) is 7.51. The molecule has 178 valence electrons. The van der Waals surface area contributed by atoms with Crippen LogP contribution in [-0.4, -0.2) is 37.2 Å². The number of hydrogen-bond donors (Lipinski definition) is 2. The summed E-state index contributed by atoms with van der Waals surface area (Å²) >= 11 is 0. The summed E-state index contributed by atoms with van der Waals surface area (Å²) in [6, 6.07) is 7.07. The van der Waals surface area contributed by atoms with E-state index in [2.05, 4.69) is 49.8 Å². The molecule has 8 atom stereocenters. The summed E-state index contributed by atoms with van der Waals surface area (Å²) < 4.78 is 19.4. The van der Waals surface area contributed by atoms with Crippen LogP contribution in [0.1, 0.15) is 51.5 Å². The second kappa shape index (κ2) is 8.99. The molecule has 2 aliphatic carbocycles. The number of hydrogen-bond acceptors (Lipinski definition) is 4. The van der Waals surface area contributed by atoms with Gasteiger partial charge in [0.25, 0.3) is 0 Å². The lowest BCUT2D eigenvalue weighted by atomic mass is 9.51. The Morgan fingerprint density at radius 3 is 2.85 bits per heavy atom. The van der Waals surface area contributed by atoms with Gasteiger partial charge in [0.05, 0.1) is 5.92 Å². The third kappa shape index (κ3) is 4.08. The van der Waals surface area contributed by atoms with Crippen LogP contribution in [0.4, 0.5) is 4.39 Å². The molecule has 1 saturated heterocycles. The highest BCUT2D eigenvalue weighted by molar-refractivity contribution is 5.76. The number of halogens is 1. The molecule has 1 aromatic rings. The second-order valence-electron chi connectivity index (χ2n) is 10.8. The Morgan fingerprint density at radius 2 is 2.12 bits per heavy atom. The van der Waals surface area contributed by atoms with Crippen LogP contribution in [-0.2, 0) is 9.53 Å².